The van der Waals surface area contributed by atoms with Crippen LogP contribution < -0.4 is 20.1 Å². The number of aryl methyl sites for hydroxylation is 3. The Morgan fingerprint density at radius 1 is 0.970 bits per heavy atom. The minimum Gasteiger partial charge on any atom is -0.484 e. The number of carbonyl (C=O) groups excluding carboxylic acids is 1. The Hall–Kier alpha value is -3.57. The second kappa shape index (κ2) is 10.4. The highest BCUT2D eigenvalue weighted by molar-refractivity contribution is 7.92. The van der Waals surface area contributed by atoms with Gasteiger partial charge >= 0.3 is 0 Å². The highest BCUT2D eigenvalue weighted by atomic mass is 32.2. The van der Waals surface area contributed by atoms with E-state index in [9.17, 15) is 13.2 Å². The van der Waals surface area contributed by atoms with Crippen molar-refractivity contribution in [3.8, 4) is 5.75 Å². The first kappa shape index (κ1) is 24.1. The van der Waals surface area contributed by atoms with Crippen LogP contribution in [0.25, 0.3) is 0 Å². The molecule has 0 saturated carbocycles. The fraction of sp³-hybridized carbons (Fsp3) is 0.182. The number of nitrogens with zero attached hydrogens (tertiary/aromatic N) is 2. The normalized spacial score (nSPS) is 10.9. The Morgan fingerprint density at radius 2 is 1.58 bits per heavy atom. The van der Waals surface area contributed by atoms with Crippen molar-refractivity contribution in [1.29, 1.82) is 0 Å². The molecule has 9 nitrogen and oxygen atoms in total. The lowest BCUT2D eigenvalue weighted by Gasteiger charge is -2.11. The maximum Gasteiger partial charge on any atom is 0.264 e. The Morgan fingerprint density at radius 3 is 2.18 bits per heavy atom. The molecule has 2 aromatic carbocycles. The number of hydrogen-bond donors (Lipinski definition) is 3. The molecule has 1 aromatic heterocycles. The minimum absolute atomic E-state index is 0.00597. The highest BCUT2D eigenvalue weighted by Crippen LogP contribution is 2.17. The van der Waals surface area contributed by atoms with Gasteiger partial charge in [0.25, 0.3) is 15.9 Å². The molecule has 0 saturated heterocycles. The molecular formula is C22H23N5O4S2. The van der Waals surface area contributed by atoms with Crippen LogP contribution in [0.2, 0.25) is 0 Å². The maximum atomic E-state index is 12.6. The second-order valence-electron chi connectivity index (χ2n) is 7.21. The predicted molar refractivity (Wildman–Crippen MR) is 130 cm³/mol. The van der Waals surface area contributed by atoms with Gasteiger partial charge in [0, 0.05) is 17.1 Å². The van der Waals surface area contributed by atoms with Gasteiger partial charge < -0.3 is 10.1 Å². The van der Waals surface area contributed by atoms with Crippen LogP contribution in [-0.2, 0) is 14.8 Å². The van der Waals surface area contributed by atoms with E-state index in [1.54, 1.807) is 32.0 Å². The smallest absolute Gasteiger partial charge is 0.264 e. The number of anilines is 2. The van der Waals surface area contributed by atoms with Crippen molar-refractivity contribution in [2.45, 2.75) is 25.7 Å². The molecule has 0 unspecified atom stereocenters. The van der Waals surface area contributed by atoms with Gasteiger partial charge in [-0.05, 0) is 75.5 Å². The third-order valence-corrected chi connectivity index (χ3v) is 5.82. The van der Waals surface area contributed by atoms with Crippen molar-refractivity contribution in [2.24, 2.45) is 0 Å². The number of nitrogens with one attached hydrogen (secondary N) is 3. The SMILES string of the molecule is Cc1ccc(OCC(=O)NC(=S)Nc2ccc(S(=O)(=O)Nc3nc(C)cc(C)n3)cc2)cc1. The number of thiocarbonyl (C=S) groups is 1. The molecule has 1 amide bonds. The standard InChI is InChI=1S/C22H23N5O4S2/c1-14-4-8-18(9-5-14)31-13-20(28)26-22(32)25-17-6-10-19(11-7-17)33(29,30)27-21-23-15(2)12-16(3)24-21/h4-12H,13H2,1-3H3,(H,23,24,27)(H2,25,26,28,32). The molecule has 0 radical (unpaired) electrons. The lowest BCUT2D eigenvalue weighted by atomic mass is 10.2. The first-order chi connectivity index (χ1) is 15.6. The Kier molecular flexibility index (Phi) is 7.56. The van der Waals surface area contributed by atoms with Gasteiger partial charge in [-0.25, -0.2) is 23.1 Å². The molecule has 0 atom stereocenters. The first-order valence-electron chi connectivity index (χ1n) is 9.86. The summed E-state index contributed by atoms with van der Waals surface area (Å²) in [6.45, 7) is 5.26. The molecule has 33 heavy (non-hydrogen) atoms. The van der Waals surface area contributed by atoms with Crippen LogP contribution in [0.15, 0.2) is 59.5 Å². The van der Waals surface area contributed by atoms with Crippen LogP contribution in [0.1, 0.15) is 17.0 Å². The van der Waals surface area contributed by atoms with Gasteiger partial charge in [-0.3, -0.25) is 10.1 Å². The summed E-state index contributed by atoms with van der Waals surface area (Å²) in [7, 11) is -3.87. The van der Waals surface area contributed by atoms with E-state index in [0.717, 1.165) is 5.56 Å². The Labute approximate surface area is 197 Å². The number of aromatic nitrogens is 2. The molecule has 11 heteroatoms. The fourth-order valence-corrected chi connectivity index (χ4v) is 3.95. The maximum absolute atomic E-state index is 12.6. The number of amides is 1. The van der Waals surface area contributed by atoms with Gasteiger partial charge in [0.2, 0.25) is 5.95 Å². The molecule has 3 aromatic rings. The third kappa shape index (κ3) is 7.22. The monoisotopic (exact) mass is 485 g/mol. The van der Waals surface area contributed by atoms with E-state index in [0.29, 0.717) is 22.8 Å². The zero-order valence-corrected chi connectivity index (χ0v) is 19.9. The van der Waals surface area contributed by atoms with Gasteiger partial charge in [0.15, 0.2) is 11.7 Å². The number of rotatable bonds is 7. The third-order valence-electron chi connectivity index (χ3n) is 4.27. The summed E-state index contributed by atoms with van der Waals surface area (Å²) in [4.78, 5) is 20.2. The van der Waals surface area contributed by atoms with E-state index in [2.05, 4.69) is 25.3 Å². The van der Waals surface area contributed by atoms with Gasteiger partial charge in [-0.1, -0.05) is 17.7 Å². The number of hydrogen-bond acceptors (Lipinski definition) is 7. The number of carbonyl (C=O) groups is 1. The zero-order chi connectivity index (χ0) is 24.0. The van der Waals surface area contributed by atoms with Crippen molar-refractivity contribution in [1.82, 2.24) is 15.3 Å². The van der Waals surface area contributed by atoms with Crippen LogP contribution >= 0.6 is 12.2 Å². The van der Waals surface area contributed by atoms with E-state index >= 15 is 0 Å². The highest BCUT2D eigenvalue weighted by Gasteiger charge is 2.16. The zero-order valence-electron chi connectivity index (χ0n) is 18.2. The predicted octanol–water partition coefficient (Wildman–Crippen LogP) is 3.09. The average molecular weight is 486 g/mol. The summed E-state index contributed by atoms with van der Waals surface area (Å²) in [5.74, 6) is 0.155. The molecule has 0 bridgehead atoms. The molecule has 0 fully saturated rings. The van der Waals surface area contributed by atoms with Crippen LogP contribution in [0.3, 0.4) is 0 Å². The van der Waals surface area contributed by atoms with Crippen LogP contribution in [0.4, 0.5) is 11.6 Å². The van der Waals surface area contributed by atoms with E-state index in [1.165, 1.54) is 24.3 Å². The molecule has 3 N–H and O–H groups in total. The van der Waals surface area contributed by atoms with E-state index in [-0.39, 0.29) is 22.6 Å². The largest absolute Gasteiger partial charge is 0.484 e. The molecule has 0 aliphatic rings. The number of benzene rings is 2. The van der Waals surface area contributed by atoms with E-state index < -0.39 is 15.9 Å². The molecule has 172 valence electrons. The van der Waals surface area contributed by atoms with Crippen molar-refractivity contribution >= 4 is 44.9 Å². The summed E-state index contributed by atoms with van der Waals surface area (Å²) < 4.78 is 33.0. The average Bonchev–Trinajstić information content (AvgIpc) is 2.72. The van der Waals surface area contributed by atoms with E-state index in [4.69, 9.17) is 17.0 Å². The fourth-order valence-electron chi connectivity index (χ4n) is 2.78. The Bertz CT molecular complexity index is 1240. The quantitative estimate of drug-likeness (QED) is 0.437. The van der Waals surface area contributed by atoms with Crippen molar-refractivity contribution in [3.05, 3.63) is 71.5 Å². The second-order valence-corrected chi connectivity index (χ2v) is 9.30. The lowest BCUT2D eigenvalue weighted by Crippen LogP contribution is -2.37. The van der Waals surface area contributed by atoms with Gasteiger partial charge in [-0.2, -0.15) is 0 Å². The van der Waals surface area contributed by atoms with Crippen molar-refractivity contribution in [2.75, 3.05) is 16.6 Å². The number of sulfonamides is 1. The van der Waals surface area contributed by atoms with Crippen molar-refractivity contribution < 1.29 is 17.9 Å². The molecular weight excluding hydrogens is 462 g/mol. The van der Waals surface area contributed by atoms with Gasteiger partial charge in [0.05, 0.1) is 4.90 Å². The molecule has 0 aliphatic carbocycles. The van der Waals surface area contributed by atoms with Gasteiger partial charge in [0.1, 0.15) is 5.75 Å². The van der Waals surface area contributed by atoms with Crippen LogP contribution in [0, 0.1) is 20.8 Å². The molecule has 3 rings (SSSR count). The topological polar surface area (TPSA) is 122 Å². The van der Waals surface area contributed by atoms with Crippen LogP contribution in [0.5, 0.6) is 5.75 Å². The van der Waals surface area contributed by atoms with Crippen molar-refractivity contribution in [3.63, 3.8) is 0 Å². The Balaban J connectivity index is 1.54. The number of ether oxygens (including phenoxy) is 1. The summed E-state index contributed by atoms with van der Waals surface area (Å²) >= 11 is 5.13. The lowest BCUT2D eigenvalue weighted by molar-refractivity contribution is -0.121. The molecule has 0 spiro atoms. The summed E-state index contributed by atoms with van der Waals surface area (Å²) in [5.41, 5.74) is 2.89. The van der Waals surface area contributed by atoms with Gasteiger partial charge in [-0.15, -0.1) is 0 Å². The summed E-state index contributed by atoms with van der Waals surface area (Å²) in [6.07, 6.45) is 0. The summed E-state index contributed by atoms with van der Waals surface area (Å²) in [5, 5.41) is 5.39. The molecule has 0 aliphatic heterocycles. The minimum atomic E-state index is -3.87. The van der Waals surface area contributed by atoms with E-state index in [1.807, 2.05) is 19.1 Å². The molecule has 1 heterocycles. The summed E-state index contributed by atoms with van der Waals surface area (Å²) in [6, 6.07) is 14.9. The first-order valence-corrected chi connectivity index (χ1v) is 11.8. The van der Waals surface area contributed by atoms with Crippen LogP contribution in [-0.4, -0.2) is 36.0 Å².